The van der Waals surface area contributed by atoms with Gasteiger partial charge in [0.25, 0.3) is 0 Å². The summed E-state index contributed by atoms with van der Waals surface area (Å²) >= 11 is 0. The molecule has 0 unspecified atom stereocenters. The van der Waals surface area contributed by atoms with Crippen LogP contribution in [-0.4, -0.2) is 17.0 Å². The number of hydrogen-bond acceptors (Lipinski definition) is 2. The number of aliphatic hydroxyl groups is 1. The zero-order valence-corrected chi connectivity index (χ0v) is 9.29. The Morgan fingerprint density at radius 1 is 1.50 bits per heavy atom. The predicted octanol–water partition coefficient (Wildman–Crippen LogP) is 1.93. The summed E-state index contributed by atoms with van der Waals surface area (Å²) < 4.78 is 0. The van der Waals surface area contributed by atoms with Gasteiger partial charge < -0.3 is 5.11 Å². The third kappa shape index (κ3) is 1.10. The van der Waals surface area contributed by atoms with Gasteiger partial charge in [-0.25, -0.2) is 0 Å². The lowest BCUT2D eigenvalue weighted by Gasteiger charge is -2.20. The second-order valence-electron chi connectivity index (χ2n) is 5.32. The van der Waals surface area contributed by atoms with E-state index in [9.17, 15) is 9.90 Å². The summed E-state index contributed by atoms with van der Waals surface area (Å²) in [4.78, 5) is 11.4. The first-order chi connectivity index (χ1) is 6.37. The zero-order chi connectivity index (χ0) is 10.7. The third-order valence-corrected chi connectivity index (χ3v) is 4.25. The SMILES string of the molecule is CC(=O)C1=C(C)[C@H](O)[C@@H]2[C@H](C1)C2(C)C. The average Bonchev–Trinajstić information content (AvgIpc) is 2.60. The summed E-state index contributed by atoms with van der Waals surface area (Å²) in [6.45, 7) is 7.86. The van der Waals surface area contributed by atoms with Gasteiger partial charge in [0, 0.05) is 0 Å². The first-order valence-corrected chi connectivity index (χ1v) is 5.26. The van der Waals surface area contributed by atoms with Crippen molar-refractivity contribution in [2.45, 2.75) is 40.2 Å². The van der Waals surface area contributed by atoms with Crippen molar-refractivity contribution in [3.63, 3.8) is 0 Å². The van der Waals surface area contributed by atoms with Crippen molar-refractivity contribution in [1.29, 1.82) is 0 Å². The predicted molar refractivity (Wildman–Crippen MR) is 54.8 cm³/mol. The number of Topliss-reactive ketones (excluding diaryl/α,β-unsaturated/α-hetero) is 1. The van der Waals surface area contributed by atoms with Gasteiger partial charge >= 0.3 is 0 Å². The van der Waals surface area contributed by atoms with Crippen molar-refractivity contribution in [2.24, 2.45) is 17.3 Å². The van der Waals surface area contributed by atoms with Crippen LogP contribution in [0.25, 0.3) is 0 Å². The molecule has 0 spiro atoms. The van der Waals surface area contributed by atoms with E-state index < -0.39 is 0 Å². The van der Waals surface area contributed by atoms with E-state index in [4.69, 9.17) is 0 Å². The van der Waals surface area contributed by atoms with E-state index in [1.165, 1.54) is 0 Å². The molecule has 1 fully saturated rings. The third-order valence-electron chi connectivity index (χ3n) is 4.25. The van der Waals surface area contributed by atoms with Gasteiger partial charge in [-0.1, -0.05) is 13.8 Å². The second kappa shape index (κ2) is 2.69. The number of carbonyl (C=O) groups excluding carboxylic acids is 1. The number of ketones is 1. The van der Waals surface area contributed by atoms with Crippen molar-refractivity contribution in [3.8, 4) is 0 Å². The minimum atomic E-state index is -0.386. The summed E-state index contributed by atoms with van der Waals surface area (Å²) in [5, 5.41) is 10.0. The fraction of sp³-hybridized carbons (Fsp3) is 0.750. The fourth-order valence-electron chi connectivity index (χ4n) is 3.05. The summed E-state index contributed by atoms with van der Waals surface area (Å²) in [5.41, 5.74) is 1.99. The van der Waals surface area contributed by atoms with E-state index in [-0.39, 0.29) is 17.3 Å². The molecule has 3 atom stereocenters. The van der Waals surface area contributed by atoms with Gasteiger partial charge in [-0.05, 0) is 48.7 Å². The maximum atomic E-state index is 11.4. The molecule has 0 amide bonds. The van der Waals surface area contributed by atoms with E-state index >= 15 is 0 Å². The molecule has 2 aliphatic rings. The number of aliphatic hydroxyl groups excluding tert-OH is 1. The largest absolute Gasteiger partial charge is 0.388 e. The standard InChI is InChI=1S/C12H18O2/c1-6-8(7(2)13)5-9-10(11(6)14)12(9,3)4/h9-11,14H,5H2,1-4H3/t9-,10-,11-/m0/s1. The molecule has 0 aromatic heterocycles. The van der Waals surface area contributed by atoms with Gasteiger partial charge in [-0.3, -0.25) is 4.79 Å². The summed E-state index contributed by atoms with van der Waals surface area (Å²) in [5.74, 6) is 1.02. The molecule has 14 heavy (non-hydrogen) atoms. The molecular weight excluding hydrogens is 176 g/mol. The maximum Gasteiger partial charge on any atom is 0.155 e. The van der Waals surface area contributed by atoms with Crippen molar-refractivity contribution in [3.05, 3.63) is 11.1 Å². The number of fused-ring (bicyclic) bond motifs is 1. The van der Waals surface area contributed by atoms with Crippen LogP contribution >= 0.6 is 0 Å². The van der Waals surface area contributed by atoms with E-state index in [1.807, 2.05) is 6.92 Å². The van der Waals surface area contributed by atoms with Crippen molar-refractivity contribution < 1.29 is 9.90 Å². The van der Waals surface area contributed by atoms with Gasteiger partial charge in [-0.15, -0.1) is 0 Å². The second-order valence-corrected chi connectivity index (χ2v) is 5.32. The monoisotopic (exact) mass is 194 g/mol. The van der Waals surface area contributed by atoms with Crippen LogP contribution < -0.4 is 0 Å². The Balaban J connectivity index is 2.32. The molecule has 2 rings (SSSR count). The maximum absolute atomic E-state index is 11.4. The van der Waals surface area contributed by atoms with Crippen LogP contribution in [0.5, 0.6) is 0 Å². The average molecular weight is 194 g/mol. The minimum Gasteiger partial charge on any atom is -0.388 e. The highest BCUT2D eigenvalue weighted by Crippen LogP contribution is 2.65. The van der Waals surface area contributed by atoms with E-state index in [1.54, 1.807) is 6.92 Å². The molecule has 1 saturated carbocycles. The first kappa shape index (κ1) is 9.91. The Morgan fingerprint density at radius 2 is 2.07 bits per heavy atom. The van der Waals surface area contributed by atoms with Gasteiger partial charge in [0.15, 0.2) is 5.78 Å². The number of allylic oxidation sites excluding steroid dienone is 1. The smallest absolute Gasteiger partial charge is 0.155 e. The van der Waals surface area contributed by atoms with Crippen LogP contribution in [0.15, 0.2) is 11.1 Å². The van der Waals surface area contributed by atoms with Crippen LogP contribution in [-0.2, 0) is 4.79 Å². The highest BCUT2D eigenvalue weighted by atomic mass is 16.3. The lowest BCUT2D eigenvalue weighted by atomic mass is 9.89. The molecule has 0 bridgehead atoms. The quantitative estimate of drug-likeness (QED) is 0.692. The fourth-order valence-corrected chi connectivity index (χ4v) is 3.05. The molecule has 0 saturated heterocycles. The summed E-state index contributed by atoms with van der Waals surface area (Å²) in [6.07, 6.45) is 0.484. The van der Waals surface area contributed by atoms with Crippen molar-refractivity contribution >= 4 is 5.78 Å². The normalized spacial score (nSPS) is 39.4. The van der Waals surface area contributed by atoms with Crippen LogP contribution in [0.2, 0.25) is 0 Å². The van der Waals surface area contributed by atoms with Gasteiger partial charge in [0.1, 0.15) is 0 Å². The molecular formula is C12H18O2. The first-order valence-electron chi connectivity index (χ1n) is 5.26. The van der Waals surface area contributed by atoms with Crippen molar-refractivity contribution in [2.75, 3.05) is 0 Å². The molecule has 0 aromatic rings. The van der Waals surface area contributed by atoms with Crippen LogP contribution in [0.1, 0.15) is 34.1 Å². The molecule has 2 aliphatic carbocycles. The molecule has 0 radical (unpaired) electrons. The highest BCUT2D eigenvalue weighted by Gasteiger charge is 2.62. The summed E-state index contributed by atoms with van der Waals surface area (Å²) in [6, 6.07) is 0. The molecule has 2 heteroatoms. The zero-order valence-electron chi connectivity index (χ0n) is 9.29. The molecule has 2 nitrogen and oxygen atoms in total. The summed E-state index contributed by atoms with van der Waals surface area (Å²) in [7, 11) is 0. The molecule has 0 aromatic carbocycles. The lowest BCUT2D eigenvalue weighted by molar-refractivity contribution is -0.114. The Morgan fingerprint density at radius 3 is 2.57 bits per heavy atom. The Kier molecular flexibility index (Phi) is 1.91. The Labute approximate surface area is 85.0 Å². The van der Waals surface area contributed by atoms with E-state index in [0.29, 0.717) is 11.8 Å². The minimum absolute atomic E-state index is 0.128. The van der Waals surface area contributed by atoms with Gasteiger partial charge in [0.2, 0.25) is 0 Å². The lowest BCUT2D eigenvalue weighted by Crippen LogP contribution is -2.21. The van der Waals surface area contributed by atoms with Crippen LogP contribution in [0.3, 0.4) is 0 Å². The van der Waals surface area contributed by atoms with Crippen LogP contribution in [0, 0.1) is 17.3 Å². The molecule has 78 valence electrons. The van der Waals surface area contributed by atoms with Crippen molar-refractivity contribution in [1.82, 2.24) is 0 Å². The van der Waals surface area contributed by atoms with E-state index in [0.717, 1.165) is 17.6 Å². The highest BCUT2D eigenvalue weighted by molar-refractivity contribution is 5.94. The Bertz CT molecular complexity index is 325. The molecule has 1 N–H and O–H groups in total. The van der Waals surface area contributed by atoms with Gasteiger partial charge in [0.05, 0.1) is 6.10 Å². The van der Waals surface area contributed by atoms with Gasteiger partial charge in [-0.2, -0.15) is 0 Å². The topological polar surface area (TPSA) is 37.3 Å². The van der Waals surface area contributed by atoms with E-state index in [2.05, 4.69) is 13.8 Å². The number of carbonyl (C=O) groups is 1. The Hall–Kier alpha value is -0.630. The molecule has 0 heterocycles. The number of hydrogen-bond donors (Lipinski definition) is 1. The number of rotatable bonds is 1. The molecule has 0 aliphatic heterocycles. The van der Waals surface area contributed by atoms with Crippen LogP contribution in [0.4, 0.5) is 0 Å².